The van der Waals surface area contributed by atoms with Crippen LogP contribution >= 0.6 is 0 Å². The Balaban J connectivity index is 1.64. The third-order valence-corrected chi connectivity index (χ3v) is 6.41. The topological polar surface area (TPSA) is 54.4 Å². The molecule has 0 amide bonds. The van der Waals surface area contributed by atoms with Gasteiger partial charge in [0.25, 0.3) is 10.1 Å². The molecule has 0 unspecified atom stereocenters. The van der Waals surface area contributed by atoms with Crippen molar-refractivity contribution in [1.82, 2.24) is 0 Å². The Morgan fingerprint density at radius 1 is 0.750 bits per heavy atom. The van der Waals surface area contributed by atoms with Gasteiger partial charge in [-0.05, 0) is 29.9 Å². The van der Waals surface area contributed by atoms with Crippen molar-refractivity contribution >= 4 is 20.9 Å². The van der Waals surface area contributed by atoms with Crippen molar-refractivity contribution in [2.45, 2.75) is 95.3 Å². The van der Waals surface area contributed by atoms with Crippen molar-refractivity contribution in [1.29, 1.82) is 0 Å². The molecule has 0 spiro atoms. The highest BCUT2D eigenvalue weighted by molar-refractivity contribution is 7.86. The Morgan fingerprint density at radius 3 is 1.89 bits per heavy atom. The van der Waals surface area contributed by atoms with Gasteiger partial charge in [0.15, 0.2) is 0 Å². The smallest absolute Gasteiger partial charge is 0.282 e. The van der Waals surface area contributed by atoms with Crippen molar-refractivity contribution in [3.05, 3.63) is 42.0 Å². The average molecular weight is 405 g/mol. The molecule has 0 radical (unpaired) electrons. The first-order chi connectivity index (χ1) is 13.5. The fraction of sp³-hybridized carbons (Fsp3) is 0.583. The molecule has 0 saturated carbocycles. The van der Waals surface area contributed by atoms with E-state index in [1.165, 1.54) is 88.7 Å². The zero-order chi connectivity index (χ0) is 20.2. The summed E-state index contributed by atoms with van der Waals surface area (Å²) in [5.41, 5.74) is 1.23. The van der Waals surface area contributed by atoms with E-state index in [0.717, 1.165) is 11.8 Å². The predicted molar refractivity (Wildman–Crippen MR) is 119 cm³/mol. The first-order valence-electron chi connectivity index (χ1n) is 11.0. The van der Waals surface area contributed by atoms with E-state index in [4.69, 9.17) is 0 Å². The molecule has 0 aliphatic carbocycles. The molecule has 0 aromatic heterocycles. The minimum absolute atomic E-state index is 0.0121. The fourth-order valence-corrected chi connectivity index (χ4v) is 4.57. The molecule has 0 bridgehead atoms. The molecule has 2 aromatic rings. The van der Waals surface area contributed by atoms with Crippen LogP contribution in [0.5, 0.6) is 0 Å². The van der Waals surface area contributed by atoms with Crippen LogP contribution in [0.2, 0.25) is 0 Å². The molecule has 3 nitrogen and oxygen atoms in total. The van der Waals surface area contributed by atoms with E-state index in [9.17, 15) is 13.0 Å². The number of hydrogen-bond acceptors (Lipinski definition) is 2. The van der Waals surface area contributed by atoms with Gasteiger partial charge >= 0.3 is 0 Å². The average Bonchev–Trinajstić information content (AvgIpc) is 2.67. The van der Waals surface area contributed by atoms with Crippen molar-refractivity contribution < 1.29 is 13.0 Å². The van der Waals surface area contributed by atoms with Gasteiger partial charge in [-0.15, -0.1) is 0 Å². The van der Waals surface area contributed by atoms with Crippen molar-refractivity contribution in [2.24, 2.45) is 0 Å². The highest BCUT2D eigenvalue weighted by Gasteiger charge is 2.13. The molecule has 156 valence electrons. The molecule has 1 N–H and O–H groups in total. The van der Waals surface area contributed by atoms with Crippen LogP contribution in [-0.2, 0) is 16.5 Å². The summed E-state index contributed by atoms with van der Waals surface area (Å²) in [4.78, 5) is -0.0121. The number of aryl methyl sites for hydroxylation is 1. The SMILES string of the molecule is CCCCCCCCCCCCCCc1ccc2c(S(=O)(=O)O)cccc2c1. The van der Waals surface area contributed by atoms with Gasteiger partial charge in [0.1, 0.15) is 4.90 Å². The van der Waals surface area contributed by atoms with Gasteiger partial charge in [-0.25, -0.2) is 0 Å². The van der Waals surface area contributed by atoms with Gasteiger partial charge in [-0.1, -0.05) is 108 Å². The Kier molecular flexibility index (Phi) is 10.0. The fourth-order valence-electron chi connectivity index (χ4n) is 3.85. The normalized spacial score (nSPS) is 11.9. The van der Waals surface area contributed by atoms with Crippen LogP contribution in [0.3, 0.4) is 0 Å². The van der Waals surface area contributed by atoms with Gasteiger partial charge < -0.3 is 0 Å². The van der Waals surface area contributed by atoms with Crippen LogP contribution in [0, 0.1) is 0 Å². The van der Waals surface area contributed by atoms with Gasteiger partial charge in [-0.3, -0.25) is 4.55 Å². The van der Waals surface area contributed by atoms with Crippen LogP contribution in [0.4, 0.5) is 0 Å². The van der Waals surface area contributed by atoms with Crippen molar-refractivity contribution in [3.8, 4) is 0 Å². The van der Waals surface area contributed by atoms with E-state index in [1.807, 2.05) is 24.3 Å². The lowest BCUT2D eigenvalue weighted by Crippen LogP contribution is -1.99. The molecular weight excluding hydrogens is 368 g/mol. The number of fused-ring (bicyclic) bond motifs is 1. The molecule has 4 heteroatoms. The minimum Gasteiger partial charge on any atom is -0.282 e. The van der Waals surface area contributed by atoms with E-state index in [-0.39, 0.29) is 4.90 Å². The highest BCUT2D eigenvalue weighted by atomic mass is 32.2. The van der Waals surface area contributed by atoms with Gasteiger partial charge in [0.2, 0.25) is 0 Å². The Morgan fingerprint density at radius 2 is 1.32 bits per heavy atom. The van der Waals surface area contributed by atoms with Gasteiger partial charge in [0.05, 0.1) is 0 Å². The zero-order valence-corrected chi connectivity index (χ0v) is 18.1. The molecule has 28 heavy (non-hydrogen) atoms. The summed E-state index contributed by atoms with van der Waals surface area (Å²) >= 11 is 0. The maximum Gasteiger partial charge on any atom is 0.295 e. The Hall–Kier alpha value is -1.39. The molecule has 0 heterocycles. The second-order valence-corrected chi connectivity index (χ2v) is 9.32. The quantitative estimate of drug-likeness (QED) is 0.265. The van der Waals surface area contributed by atoms with E-state index in [1.54, 1.807) is 6.07 Å². The summed E-state index contributed by atoms with van der Waals surface area (Å²) in [6, 6.07) is 10.9. The molecule has 2 rings (SSSR count). The number of unbranched alkanes of at least 4 members (excludes halogenated alkanes) is 11. The van der Waals surface area contributed by atoms with Crippen LogP contribution in [-0.4, -0.2) is 13.0 Å². The van der Waals surface area contributed by atoms with E-state index in [0.29, 0.717) is 5.39 Å². The molecule has 0 fully saturated rings. The first kappa shape index (κ1) is 22.9. The predicted octanol–water partition coefficient (Wildman–Crippen LogP) is 7.33. The summed E-state index contributed by atoms with van der Waals surface area (Å²) in [6.07, 6.45) is 17.1. The molecule has 0 aliphatic heterocycles. The molecule has 0 saturated heterocycles. The van der Waals surface area contributed by atoms with E-state index >= 15 is 0 Å². The molecule has 2 aromatic carbocycles. The van der Waals surface area contributed by atoms with Crippen LogP contribution in [0.15, 0.2) is 41.3 Å². The second-order valence-electron chi connectivity index (χ2n) is 7.93. The zero-order valence-electron chi connectivity index (χ0n) is 17.3. The summed E-state index contributed by atoms with van der Waals surface area (Å²) in [5.74, 6) is 0. The minimum atomic E-state index is -4.18. The molecular formula is C24H36O3S. The highest BCUT2D eigenvalue weighted by Crippen LogP contribution is 2.24. The van der Waals surface area contributed by atoms with Gasteiger partial charge in [0, 0.05) is 5.39 Å². The third kappa shape index (κ3) is 7.92. The number of hydrogen-bond donors (Lipinski definition) is 1. The van der Waals surface area contributed by atoms with Crippen LogP contribution in [0.1, 0.15) is 89.5 Å². The summed E-state index contributed by atoms with van der Waals surface area (Å²) in [5, 5.41) is 1.45. The lowest BCUT2D eigenvalue weighted by molar-refractivity contribution is 0.484. The lowest BCUT2D eigenvalue weighted by atomic mass is 10.0. The first-order valence-corrected chi connectivity index (χ1v) is 12.5. The van der Waals surface area contributed by atoms with E-state index < -0.39 is 10.1 Å². The largest absolute Gasteiger partial charge is 0.295 e. The number of rotatable bonds is 14. The third-order valence-electron chi connectivity index (χ3n) is 5.50. The molecule has 0 atom stereocenters. The molecule has 0 aliphatic rings. The van der Waals surface area contributed by atoms with Crippen LogP contribution < -0.4 is 0 Å². The van der Waals surface area contributed by atoms with Gasteiger partial charge in [-0.2, -0.15) is 8.42 Å². The lowest BCUT2D eigenvalue weighted by Gasteiger charge is -2.07. The second kappa shape index (κ2) is 12.2. The Labute approximate surface area is 171 Å². The Bertz CT molecular complexity index is 812. The number of benzene rings is 2. The summed E-state index contributed by atoms with van der Waals surface area (Å²) in [7, 11) is -4.18. The van der Waals surface area contributed by atoms with Crippen LogP contribution in [0.25, 0.3) is 10.8 Å². The summed E-state index contributed by atoms with van der Waals surface area (Å²) in [6.45, 7) is 2.26. The maximum atomic E-state index is 11.5. The maximum absolute atomic E-state index is 11.5. The monoisotopic (exact) mass is 404 g/mol. The standard InChI is InChI=1S/C24H36O3S/c1-2-3-4-5-6-7-8-9-10-11-12-13-15-21-18-19-23-22(20-21)16-14-17-24(23)28(25,26)27/h14,16-20H,2-13,15H2,1H3,(H,25,26,27). The van der Waals surface area contributed by atoms with E-state index in [2.05, 4.69) is 6.92 Å². The van der Waals surface area contributed by atoms with Crippen molar-refractivity contribution in [3.63, 3.8) is 0 Å². The summed E-state index contributed by atoms with van der Waals surface area (Å²) < 4.78 is 32.3. The van der Waals surface area contributed by atoms with Crippen molar-refractivity contribution in [2.75, 3.05) is 0 Å².